The van der Waals surface area contributed by atoms with E-state index in [0.717, 1.165) is 32.2 Å². The van der Waals surface area contributed by atoms with Crippen LogP contribution >= 0.6 is 11.3 Å². The van der Waals surface area contributed by atoms with Crippen LogP contribution in [0.15, 0.2) is 54.7 Å². The van der Waals surface area contributed by atoms with Crippen molar-refractivity contribution in [3.05, 3.63) is 65.9 Å². The quantitative estimate of drug-likeness (QED) is 0.509. The second kappa shape index (κ2) is 7.89. The molecule has 6 nitrogen and oxygen atoms in total. The first kappa shape index (κ1) is 18.9. The van der Waals surface area contributed by atoms with Crippen LogP contribution in [0.4, 0.5) is 5.69 Å². The van der Waals surface area contributed by atoms with E-state index in [0.29, 0.717) is 17.1 Å². The Hall–Kier alpha value is -3.45. The summed E-state index contributed by atoms with van der Waals surface area (Å²) in [7, 11) is 3.09. The number of amides is 1. The molecule has 0 aliphatic carbocycles. The summed E-state index contributed by atoms with van der Waals surface area (Å²) in [6.45, 7) is 1.95. The smallest absolute Gasteiger partial charge is 0.259 e. The maximum atomic E-state index is 12.8. The molecule has 1 N–H and O–H groups in total. The molecule has 0 aliphatic heterocycles. The number of methoxy groups -OCH3 is 2. The minimum absolute atomic E-state index is 0.263. The van der Waals surface area contributed by atoms with Crippen LogP contribution in [-0.2, 0) is 0 Å². The third-order valence-electron chi connectivity index (χ3n) is 4.54. The number of thiazole rings is 1. The molecule has 0 spiro atoms. The molecule has 4 aromatic rings. The van der Waals surface area contributed by atoms with Crippen molar-refractivity contribution in [2.24, 2.45) is 0 Å². The molecule has 4 rings (SSSR count). The average molecular weight is 405 g/mol. The van der Waals surface area contributed by atoms with Crippen LogP contribution in [0, 0.1) is 6.92 Å². The van der Waals surface area contributed by atoms with E-state index in [-0.39, 0.29) is 5.91 Å². The Bertz CT molecular complexity index is 1170. The SMILES string of the molecule is COc1ccc(OC)c(C(=O)Nc2ccc(-c3nc4cccnc4s3)cc2C)c1. The van der Waals surface area contributed by atoms with Gasteiger partial charge in [-0.15, -0.1) is 0 Å². The molecule has 29 heavy (non-hydrogen) atoms. The fraction of sp³-hybridized carbons (Fsp3) is 0.136. The predicted octanol–water partition coefficient (Wildman–Crippen LogP) is 4.94. The van der Waals surface area contributed by atoms with Gasteiger partial charge in [0.25, 0.3) is 5.91 Å². The topological polar surface area (TPSA) is 73.3 Å². The first-order chi connectivity index (χ1) is 14.1. The lowest BCUT2D eigenvalue weighted by Gasteiger charge is -2.13. The van der Waals surface area contributed by atoms with E-state index >= 15 is 0 Å². The molecule has 7 heteroatoms. The molecule has 0 bridgehead atoms. The molecule has 2 heterocycles. The predicted molar refractivity (Wildman–Crippen MR) is 115 cm³/mol. The summed E-state index contributed by atoms with van der Waals surface area (Å²) in [5.41, 5.74) is 3.94. The van der Waals surface area contributed by atoms with Gasteiger partial charge in [0.05, 0.1) is 19.8 Å². The number of ether oxygens (including phenoxy) is 2. The molecule has 0 fully saturated rings. The summed E-state index contributed by atoms with van der Waals surface area (Å²) in [5.74, 6) is 0.813. The fourth-order valence-electron chi connectivity index (χ4n) is 3.01. The van der Waals surface area contributed by atoms with Gasteiger partial charge in [-0.1, -0.05) is 11.3 Å². The monoisotopic (exact) mass is 405 g/mol. The molecule has 0 radical (unpaired) electrons. The number of rotatable bonds is 5. The molecule has 0 aliphatic rings. The van der Waals surface area contributed by atoms with Gasteiger partial charge >= 0.3 is 0 Å². The van der Waals surface area contributed by atoms with Gasteiger partial charge < -0.3 is 14.8 Å². The van der Waals surface area contributed by atoms with Crippen molar-refractivity contribution in [3.63, 3.8) is 0 Å². The van der Waals surface area contributed by atoms with Crippen LogP contribution in [0.3, 0.4) is 0 Å². The highest BCUT2D eigenvalue weighted by atomic mass is 32.1. The second-order valence-corrected chi connectivity index (χ2v) is 7.37. The summed E-state index contributed by atoms with van der Waals surface area (Å²) < 4.78 is 10.5. The number of aromatic nitrogens is 2. The molecule has 0 unspecified atom stereocenters. The van der Waals surface area contributed by atoms with Gasteiger partial charge in [0.1, 0.15) is 26.9 Å². The van der Waals surface area contributed by atoms with Crippen molar-refractivity contribution in [1.82, 2.24) is 9.97 Å². The van der Waals surface area contributed by atoms with Crippen LogP contribution in [0.1, 0.15) is 15.9 Å². The normalized spacial score (nSPS) is 10.7. The van der Waals surface area contributed by atoms with E-state index in [1.807, 2.05) is 37.3 Å². The Balaban J connectivity index is 1.61. The van der Waals surface area contributed by atoms with Crippen molar-refractivity contribution < 1.29 is 14.3 Å². The number of carbonyl (C=O) groups excluding carboxylic acids is 1. The number of aryl methyl sites for hydroxylation is 1. The molecule has 0 saturated heterocycles. The molecule has 0 atom stereocenters. The number of hydrogen-bond acceptors (Lipinski definition) is 6. The molecule has 146 valence electrons. The van der Waals surface area contributed by atoms with Gasteiger partial charge in [0.15, 0.2) is 0 Å². The molecule has 0 saturated carbocycles. The Kier molecular flexibility index (Phi) is 5.14. The summed E-state index contributed by atoms with van der Waals surface area (Å²) in [4.78, 5) is 22.7. The summed E-state index contributed by atoms with van der Waals surface area (Å²) in [5, 5.41) is 3.85. The number of nitrogens with zero attached hydrogens (tertiary/aromatic N) is 2. The number of nitrogens with one attached hydrogen (secondary N) is 1. The fourth-order valence-corrected chi connectivity index (χ4v) is 3.92. The van der Waals surface area contributed by atoms with Gasteiger partial charge in [-0.05, 0) is 61.0 Å². The third kappa shape index (κ3) is 3.77. The van der Waals surface area contributed by atoms with Crippen LogP contribution < -0.4 is 14.8 Å². The molecule has 1 amide bonds. The largest absolute Gasteiger partial charge is 0.497 e. The number of hydrogen-bond donors (Lipinski definition) is 1. The van der Waals surface area contributed by atoms with Crippen molar-refractivity contribution >= 4 is 33.3 Å². The van der Waals surface area contributed by atoms with E-state index in [9.17, 15) is 4.79 Å². The van der Waals surface area contributed by atoms with Gasteiger partial charge in [0, 0.05) is 17.4 Å². The molecule has 2 aromatic heterocycles. The number of pyridine rings is 1. The Labute approximate surface area is 172 Å². The Morgan fingerprint density at radius 2 is 1.93 bits per heavy atom. The molecular formula is C22H19N3O3S. The van der Waals surface area contributed by atoms with E-state index < -0.39 is 0 Å². The zero-order valence-corrected chi connectivity index (χ0v) is 17.0. The van der Waals surface area contributed by atoms with Gasteiger partial charge in [-0.3, -0.25) is 4.79 Å². The molecular weight excluding hydrogens is 386 g/mol. The van der Waals surface area contributed by atoms with Crippen LogP contribution in [0.2, 0.25) is 0 Å². The first-order valence-electron chi connectivity index (χ1n) is 8.95. The van der Waals surface area contributed by atoms with Crippen molar-refractivity contribution in [1.29, 1.82) is 0 Å². The maximum absolute atomic E-state index is 12.8. The highest BCUT2D eigenvalue weighted by molar-refractivity contribution is 7.21. The first-order valence-corrected chi connectivity index (χ1v) is 9.76. The standard InChI is InChI=1S/C22H19N3O3S/c1-13-11-14(21-25-18-5-4-10-23-22(18)29-21)6-8-17(13)24-20(26)16-12-15(27-2)7-9-19(16)28-3/h4-12H,1-3H3,(H,24,26). The summed E-state index contributed by atoms with van der Waals surface area (Å²) in [6, 6.07) is 14.8. The highest BCUT2D eigenvalue weighted by Crippen LogP contribution is 2.31. The van der Waals surface area contributed by atoms with Gasteiger partial charge in [-0.25, -0.2) is 9.97 Å². The Morgan fingerprint density at radius 3 is 2.66 bits per heavy atom. The maximum Gasteiger partial charge on any atom is 0.259 e. The van der Waals surface area contributed by atoms with E-state index in [1.165, 1.54) is 7.11 Å². The van der Waals surface area contributed by atoms with Gasteiger partial charge in [-0.2, -0.15) is 0 Å². The lowest BCUT2D eigenvalue weighted by atomic mass is 10.1. The van der Waals surface area contributed by atoms with Crippen molar-refractivity contribution in [2.45, 2.75) is 6.92 Å². The van der Waals surface area contributed by atoms with Crippen molar-refractivity contribution in [3.8, 4) is 22.1 Å². The number of fused-ring (bicyclic) bond motifs is 1. The summed E-state index contributed by atoms with van der Waals surface area (Å²) in [6.07, 6.45) is 1.76. The number of carbonyl (C=O) groups is 1. The lowest BCUT2D eigenvalue weighted by Crippen LogP contribution is -2.14. The molecule has 2 aromatic carbocycles. The van der Waals surface area contributed by atoms with E-state index in [4.69, 9.17) is 9.47 Å². The van der Waals surface area contributed by atoms with E-state index in [1.54, 1.807) is 42.8 Å². The van der Waals surface area contributed by atoms with Crippen molar-refractivity contribution in [2.75, 3.05) is 19.5 Å². The number of anilines is 1. The number of benzene rings is 2. The highest BCUT2D eigenvalue weighted by Gasteiger charge is 2.15. The second-order valence-electron chi connectivity index (χ2n) is 6.40. The minimum atomic E-state index is -0.263. The van der Waals surface area contributed by atoms with Crippen LogP contribution in [0.5, 0.6) is 11.5 Å². The zero-order chi connectivity index (χ0) is 20.4. The van der Waals surface area contributed by atoms with Gasteiger partial charge in [0.2, 0.25) is 0 Å². The van der Waals surface area contributed by atoms with E-state index in [2.05, 4.69) is 15.3 Å². The summed E-state index contributed by atoms with van der Waals surface area (Å²) >= 11 is 1.54. The lowest BCUT2D eigenvalue weighted by molar-refractivity contribution is 0.102. The zero-order valence-electron chi connectivity index (χ0n) is 16.2. The van der Waals surface area contributed by atoms with Crippen LogP contribution in [-0.4, -0.2) is 30.1 Å². The minimum Gasteiger partial charge on any atom is -0.497 e. The van der Waals surface area contributed by atoms with Crippen LogP contribution in [0.25, 0.3) is 20.9 Å². The average Bonchev–Trinajstić information content (AvgIpc) is 3.19. The Morgan fingerprint density at radius 1 is 1.07 bits per heavy atom. The third-order valence-corrected chi connectivity index (χ3v) is 5.57.